The van der Waals surface area contributed by atoms with Gasteiger partial charge in [-0.3, -0.25) is 4.79 Å². The lowest BCUT2D eigenvalue weighted by Gasteiger charge is -2.14. The minimum atomic E-state index is -1.22. The van der Waals surface area contributed by atoms with E-state index in [1.54, 1.807) is 11.5 Å². The Balaban J connectivity index is 0.00000109. The predicted molar refractivity (Wildman–Crippen MR) is 91.6 cm³/mol. The molecule has 0 atom stereocenters. The highest BCUT2D eigenvalue weighted by molar-refractivity contribution is 5.95. The summed E-state index contributed by atoms with van der Waals surface area (Å²) in [5, 5.41) is -0.116. The molecule has 132 valence electrons. The molecule has 0 N–H and O–H groups in total. The zero-order valence-corrected chi connectivity index (χ0v) is 14.4. The average Bonchev–Trinajstić information content (AvgIpc) is 3.44. The lowest BCUT2D eigenvalue weighted by Crippen LogP contribution is -2.21. The Morgan fingerprint density at radius 2 is 2.04 bits per heavy atom. The van der Waals surface area contributed by atoms with Gasteiger partial charge in [0, 0.05) is 12.2 Å². The average molecular weight is 347 g/mol. The fourth-order valence-corrected chi connectivity index (χ4v) is 2.59. The van der Waals surface area contributed by atoms with Crippen LogP contribution in [0.25, 0.3) is 10.9 Å². The zero-order chi connectivity index (χ0) is 18.7. The fourth-order valence-electron chi connectivity index (χ4n) is 2.59. The van der Waals surface area contributed by atoms with E-state index in [9.17, 15) is 18.4 Å². The van der Waals surface area contributed by atoms with E-state index in [0.29, 0.717) is 0 Å². The molecule has 1 aliphatic rings. The molecule has 25 heavy (non-hydrogen) atoms. The van der Waals surface area contributed by atoms with E-state index in [2.05, 4.69) is 5.92 Å². The Morgan fingerprint density at radius 3 is 2.56 bits per heavy atom. The number of hydrogen-bond donors (Lipinski definition) is 0. The van der Waals surface area contributed by atoms with Crippen molar-refractivity contribution in [3.05, 3.63) is 45.2 Å². The van der Waals surface area contributed by atoms with Crippen molar-refractivity contribution in [1.29, 1.82) is 0 Å². The Bertz CT molecular complexity index is 921. The van der Waals surface area contributed by atoms with E-state index in [1.165, 1.54) is 6.20 Å². The van der Waals surface area contributed by atoms with E-state index in [0.717, 1.165) is 18.9 Å². The van der Waals surface area contributed by atoms with Crippen molar-refractivity contribution in [1.82, 2.24) is 4.57 Å². The van der Waals surface area contributed by atoms with Crippen molar-refractivity contribution in [2.24, 2.45) is 0 Å². The van der Waals surface area contributed by atoms with Crippen LogP contribution in [0.3, 0.4) is 0 Å². The number of fused-ring (bicyclic) bond motifs is 1. The molecule has 1 aliphatic carbocycles. The van der Waals surface area contributed by atoms with E-state index in [4.69, 9.17) is 11.2 Å². The topological polar surface area (TPSA) is 48.3 Å². The van der Waals surface area contributed by atoms with Crippen LogP contribution in [0, 0.1) is 24.0 Å². The van der Waals surface area contributed by atoms with Gasteiger partial charge in [0.2, 0.25) is 5.43 Å². The number of benzene rings is 1. The van der Waals surface area contributed by atoms with Gasteiger partial charge >= 0.3 is 5.97 Å². The molecular weight excluding hydrogens is 328 g/mol. The number of terminal acetylenes is 1. The van der Waals surface area contributed by atoms with Gasteiger partial charge in [-0.05, 0) is 25.8 Å². The van der Waals surface area contributed by atoms with Crippen molar-refractivity contribution >= 4 is 16.9 Å². The first kappa shape index (κ1) is 18.7. The molecule has 3 rings (SSSR count). The zero-order valence-electron chi connectivity index (χ0n) is 14.4. The molecule has 0 saturated heterocycles. The first-order valence-corrected chi connectivity index (χ1v) is 8.20. The van der Waals surface area contributed by atoms with E-state index in [-0.39, 0.29) is 34.7 Å². The van der Waals surface area contributed by atoms with Crippen LogP contribution in [0.15, 0.2) is 17.1 Å². The lowest BCUT2D eigenvalue weighted by molar-refractivity contribution is 0.0524. The number of esters is 1. The van der Waals surface area contributed by atoms with Crippen LogP contribution < -0.4 is 5.43 Å². The molecule has 0 amide bonds. The van der Waals surface area contributed by atoms with Gasteiger partial charge in [-0.2, -0.15) is 0 Å². The SMILES string of the molecule is C#Cc1c(F)c(F)cc2c(=O)c(C(=O)OCC)cn(C3CC3)c12.CC. The second-order valence-electron chi connectivity index (χ2n) is 5.32. The first-order chi connectivity index (χ1) is 12.0. The number of carbonyl (C=O) groups is 1. The number of ether oxygens (including phenoxy) is 1. The van der Waals surface area contributed by atoms with Gasteiger partial charge in [0.1, 0.15) is 5.56 Å². The molecule has 0 radical (unpaired) electrons. The number of aromatic nitrogens is 1. The molecule has 0 unspecified atom stereocenters. The minimum Gasteiger partial charge on any atom is -0.462 e. The van der Waals surface area contributed by atoms with Gasteiger partial charge in [-0.25, -0.2) is 13.6 Å². The summed E-state index contributed by atoms with van der Waals surface area (Å²) in [4.78, 5) is 24.5. The third-order valence-electron chi connectivity index (χ3n) is 3.79. The van der Waals surface area contributed by atoms with Crippen LogP contribution in [0.1, 0.15) is 55.6 Å². The molecule has 1 fully saturated rings. The van der Waals surface area contributed by atoms with Gasteiger partial charge in [-0.15, -0.1) is 6.42 Å². The third kappa shape index (κ3) is 3.27. The molecule has 0 spiro atoms. The number of pyridine rings is 1. The summed E-state index contributed by atoms with van der Waals surface area (Å²) < 4.78 is 34.2. The maximum absolute atomic E-state index is 14.0. The van der Waals surface area contributed by atoms with Crippen molar-refractivity contribution in [2.75, 3.05) is 6.61 Å². The first-order valence-electron chi connectivity index (χ1n) is 8.20. The summed E-state index contributed by atoms with van der Waals surface area (Å²) in [7, 11) is 0. The normalized spacial score (nSPS) is 13.0. The Kier molecular flexibility index (Phi) is 5.58. The predicted octanol–water partition coefficient (Wildman–Crippen LogP) is 3.80. The number of nitrogens with zero attached hydrogens (tertiary/aromatic N) is 1. The molecule has 4 nitrogen and oxygen atoms in total. The summed E-state index contributed by atoms with van der Waals surface area (Å²) in [6, 6.07) is 0.790. The van der Waals surface area contributed by atoms with Crippen molar-refractivity contribution in [2.45, 2.75) is 39.7 Å². The second kappa shape index (κ2) is 7.47. The Morgan fingerprint density at radius 1 is 1.40 bits per heavy atom. The molecule has 1 heterocycles. The molecule has 1 saturated carbocycles. The van der Waals surface area contributed by atoms with Crippen LogP contribution in [-0.4, -0.2) is 17.1 Å². The number of carbonyl (C=O) groups excluding carboxylic acids is 1. The van der Waals surface area contributed by atoms with Gasteiger partial charge in [0.15, 0.2) is 11.6 Å². The van der Waals surface area contributed by atoms with Crippen LogP contribution >= 0.6 is 0 Å². The molecule has 2 aromatic rings. The van der Waals surface area contributed by atoms with Gasteiger partial charge in [0.25, 0.3) is 0 Å². The van der Waals surface area contributed by atoms with Crippen LogP contribution in [0.4, 0.5) is 8.78 Å². The van der Waals surface area contributed by atoms with E-state index in [1.807, 2.05) is 13.8 Å². The lowest BCUT2D eigenvalue weighted by atomic mass is 10.1. The van der Waals surface area contributed by atoms with E-state index < -0.39 is 23.0 Å². The summed E-state index contributed by atoms with van der Waals surface area (Å²) >= 11 is 0. The quantitative estimate of drug-likeness (QED) is 0.627. The molecule has 0 aliphatic heterocycles. The number of rotatable bonds is 3. The smallest absolute Gasteiger partial charge is 0.343 e. The maximum Gasteiger partial charge on any atom is 0.343 e. The van der Waals surface area contributed by atoms with Crippen LogP contribution in [0.2, 0.25) is 0 Å². The third-order valence-corrected chi connectivity index (χ3v) is 3.79. The van der Waals surface area contributed by atoms with Crippen molar-refractivity contribution in [3.63, 3.8) is 0 Å². The largest absolute Gasteiger partial charge is 0.462 e. The minimum absolute atomic E-state index is 0.00300. The standard InChI is InChI=1S/C17H13F2NO3.C2H6/c1-3-10-14(19)13(18)7-11-15(10)20(9-5-6-9)8-12(16(11)21)17(22)23-4-2;1-2/h1,7-9H,4-6H2,2H3;1-2H3. The molecular formula is C19H19F2NO3. The Labute approximate surface area is 144 Å². The fraction of sp³-hybridized carbons (Fsp3) is 0.368. The number of hydrogen-bond acceptors (Lipinski definition) is 3. The molecule has 6 heteroatoms. The Hall–Kier alpha value is -2.68. The number of halogens is 2. The second-order valence-corrected chi connectivity index (χ2v) is 5.32. The highest BCUT2D eigenvalue weighted by Crippen LogP contribution is 2.38. The molecule has 0 bridgehead atoms. The highest BCUT2D eigenvalue weighted by Gasteiger charge is 2.29. The van der Waals surface area contributed by atoms with E-state index >= 15 is 0 Å². The molecule has 1 aromatic heterocycles. The molecule has 1 aromatic carbocycles. The van der Waals surface area contributed by atoms with Gasteiger partial charge in [-0.1, -0.05) is 19.8 Å². The van der Waals surface area contributed by atoms with Crippen LogP contribution in [-0.2, 0) is 4.74 Å². The van der Waals surface area contributed by atoms with Crippen LogP contribution in [0.5, 0.6) is 0 Å². The summed E-state index contributed by atoms with van der Waals surface area (Å²) in [5.41, 5.74) is -1.09. The summed E-state index contributed by atoms with van der Waals surface area (Å²) in [6.07, 6.45) is 8.26. The summed E-state index contributed by atoms with van der Waals surface area (Å²) in [5.74, 6) is -1.06. The maximum atomic E-state index is 14.0. The highest BCUT2D eigenvalue weighted by atomic mass is 19.2. The van der Waals surface area contributed by atoms with Crippen molar-refractivity contribution < 1.29 is 18.3 Å². The van der Waals surface area contributed by atoms with Crippen molar-refractivity contribution in [3.8, 4) is 12.3 Å². The van der Waals surface area contributed by atoms with Gasteiger partial charge < -0.3 is 9.30 Å². The van der Waals surface area contributed by atoms with Gasteiger partial charge in [0.05, 0.1) is 23.1 Å². The monoisotopic (exact) mass is 347 g/mol. The summed E-state index contributed by atoms with van der Waals surface area (Å²) in [6.45, 7) is 5.72.